The van der Waals surface area contributed by atoms with Crippen LogP contribution in [0.5, 0.6) is 0 Å². The Labute approximate surface area is 112 Å². The van der Waals surface area contributed by atoms with Gasteiger partial charge in [0.2, 0.25) is 0 Å². The van der Waals surface area contributed by atoms with Gasteiger partial charge in [0.15, 0.2) is 0 Å². The van der Waals surface area contributed by atoms with Crippen molar-refractivity contribution in [1.29, 1.82) is 0 Å². The van der Waals surface area contributed by atoms with Crippen molar-refractivity contribution in [2.24, 2.45) is 0 Å². The third kappa shape index (κ3) is 1.97. The van der Waals surface area contributed by atoms with Crippen molar-refractivity contribution in [3.63, 3.8) is 0 Å². The highest BCUT2D eigenvalue weighted by molar-refractivity contribution is 6.03. The number of benzene rings is 1. The van der Waals surface area contributed by atoms with Gasteiger partial charge in [0.05, 0.1) is 17.5 Å². The summed E-state index contributed by atoms with van der Waals surface area (Å²) in [4.78, 5) is 23.4. The Hall–Kier alpha value is -2.89. The average Bonchev–Trinajstić information content (AvgIpc) is 2.47. The van der Waals surface area contributed by atoms with Gasteiger partial charge in [-0.3, -0.25) is 9.97 Å². The van der Waals surface area contributed by atoms with Gasteiger partial charge >= 0.3 is 5.97 Å². The molecule has 0 saturated heterocycles. The van der Waals surface area contributed by atoms with Gasteiger partial charge < -0.3 is 5.11 Å². The maximum atomic E-state index is 13.8. The van der Waals surface area contributed by atoms with Crippen LogP contribution in [-0.4, -0.2) is 26.0 Å². The van der Waals surface area contributed by atoms with Crippen LogP contribution >= 0.6 is 0 Å². The Kier molecular flexibility index (Phi) is 2.83. The molecule has 5 nitrogen and oxygen atoms in total. The van der Waals surface area contributed by atoms with E-state index < -0.39 is 11.8 Å². The maximum Gasteiger partial charge on any atom is 0.336 e. The summed E-state index contributed by atoms with van der Waals surface area (Å²) in [5.74, 6) is -1.72. The second kappa shape index (κ2) is 4.65. The molecular formula is C14H8FN3O2. The van der Waals surface area contributed by atoms with Crippen molar-refractivity contribution in [2.75, 3.05) is 0 Å². The largest absolute Gasteiger partial charge is 0.478 e. The molecule has 0 atom stereocenters. The quantitative estimate of drug-likeness (QED) is 0.773. The smallest absolute Gasteiger partial charge is 0.336 e. The summed E-state index contributed by atoms with van der Waals surface area (Å²) in [7, 11) is 0. The fraction of sp³-hybridized carbons (Fsp3) is 0. The molecule has 1 aromatic carbocycles. The SMILES string of the molecule is O=C(O)c1cc(-c2cnccn2)nc2c(F)cccc12. The molecular weight excluding hydrogens is 261 g/mol. The van der Waals surface area contributed by atoms with Crippen molar-refractivity contribution < 1.29 is 14.3 Å². The number of pyridine rings is 1. The highest BCUT2D eigenvalue weighted by Gasteiger charge is 2.15. The van der Waals surface area contributed by atoms with Gasteiger partial charge in [-0.25, -0.2) is 14.2 Å². The average molecular weight is 269 g/mol. The number of para-hydroxylation sites is 1. The van der Waals surface area contributed by atoms with Gasteiger partial charge in [0.25, 0.3) is 0 Å². The van der Waals surface area contributed by atoms with E-state index in [4.69, 9.17) is 0 Å². The van der Waals surface area contributed by atoms with Crippen LogP contribution in [0.1, 0.15) is 10.4 Å². The molecule has 0 aliphatic rings. The minimum absolute atomic E-state index is 0.00746. The molecule has 0 spiro atoms. The normalized spacial score (nSPS) is 10.7. The van der Waals surface area contributed by atoms with Crippen LogP contribution in [0.15, 0.2) is 42.9 Å². The van der Waals surface area contributed by atoms with Crippen LogP contribution in [0.2, 0.25) is 0 Å². The van der Waals surface area contributed by atoms with E-state index in [1.165, 1.54) is 42.9 Å². The molecule has 6 heteroatoms. The van der Waals surface area contributed by atoms with Crippen molar-refractivity contribution >= 4 is 16.9 Å². The second-order valence-corrected chi connectivity index (χ2v) is 4.09. The first kappa shape index (κ1) is 12.2. The molecule has 0 aliphatic heterocycles. The molecule has 0 fully saturated rings. The molecule has 2 heterocycles. The lowest BCUT2D eigenvalue weighted by Gasteiger charge is -2.06. The summed E-state index contributed by atoms with van der Waals surface area (Å²) >= 11 is 0. The topological polar surface area (TPSA) is 76.0 Å². The van der Waals surface area contributed by atoms with E-state index in [1.54, 1.807) is 0 Å². The highest BCUT2D eigenvalue weighted by atomic mass is 19.1. The van der Waals surface area contributed by atoms with E-state index in [2.05, 4.69) is 15.0 Å². The van der Waals surface area contributed by atoms with Gasteiger partial charge in [0.1, 0.15) is 17.0 Å². The van der Waals surface area contributed by atoms with E-state index in [-0.39, 0.29) is 22.2 Å². The Bertz CT molecular complexity index is 806. The summed E-state index contributed by atoms with van der Waals surface area (Å²) in [6.45, 7) is 0. The number of carboxylic acid groups (broad SMARTS) is 1. The van der Waals surface area contributed by atoms with Crippen LogP contribution in [0, 0.1) is 5.82 Å². The first-order valence-corrected chi connectivity index (χ1v) is 5.76. The summed E-state index contributed by atoms with van der Waals surface area (Å²) < 4.78 is 13.8. The molecule has 1 N–H and O–H groups in total. The predicted molar refractivity (Wildman–Crippen MR) is 69.7 cm³/mol. The monoisotopic (exact) mass is 269 g/mol. The zero-order chi connectivity index (χ0) is 14.1. The molecule has 0 amide bonds. The predicted octanol–water partition coefficient (Wildman–Crippen LogP) is 2.53. The third-order valence-corrected chi connectivity index (χ3v) is 2.85. The number of aromatic carboxylic acids is 1. The molecule has 0 unspecified atom stereocenters. The molecule has 0 bridgehead atoms. The van der Waals surface area contributed by atoms with Gasteiger partial charge in [-0.1, -0.05) is 12.1 Å². The van der Waals surface area contributed by atoms with Crippen LogP contribution in [-0.2, 0) is 0 Å². The first-order chi connectivity index (χ1) is 9.66. The fourth-order valence-corrected chi connectivity index (χ4v) is 1.95. The summed E-state index contributed by atoms with van der Waals surface area (Å²) in [5, 5.41) is 9.51. The number of rotatable bonds is 2. The number of nitrogens with zero attached hydrogens (tertiary/aromatic N) is 3. The second-order valence-electron chi connectivity index (χ2n) is 4.09. The number of carbonyl (C=O) groups is 1. The van der Waals surface area contributed by atoms with Gasteiger partial charge in [-0.15, -0.1) is 0 Å². The number of hydrogen-bond donors (Lipinski definition) is 1. The molecule has 3 rings (SSSR count). The number of carboxylic acids is 1. The minimum Gasteiger partial charge on any atom is -0.478 e. The van der Waals surface area contributed by atoms with Gasteiger partial charge in [0, 0.05) is 17.8 Å². The van der Waals surface area contributed by atoms with Crippen LogP contribution < -0.4 is 0 Å². The molecule has 0 aliphatic carbocycles. The molecule has 3 aromatic rings. The van der Waals surface area contributed by atoms with Crippen molar-refractivity contribution in [3.05, 3.63) is 54.2 Å². The molecule has 0 saturated carbocycles. The summed E-state index contributed by atoms with van der Waals surface area (Å²) in [6.07, 6.45) is 4.40. The number of aromatic nitrogens is 3. The number of halogens is 1. The van der Waals surface area contributed by atoms with Crippen LogP contribution in [0.25, 0.3) is 22.3 Å². The Morgan fingerprint density at radius 1 is 1.20 bits per heavy atom. The number of hydrogen-bond acceptors (Lipinski definition) is 4. The number of fused-ring (bicyclic) bond motifs is 1. The Balaban J connectivity index is 2.36. The molecule has 98 valence electrons. The van der Waals surface area contributed by atoms with E-state index in [0.29, 0.717) is 5.69 Å². The Morgan fingerprint density at radius 3 is 2.75 bits per heavy atom. The lowest BCUT2D eigenvalue weighted by molar-refractivity contribution is 0.0699. The molecule has 0 radical (unpaired) electrons. The van der Waals surface area contributed by atoms with Crippen molar-refractivity contribution in [1.82, 2.24) is 15.0 Å². The molecule has 20 heavy (non-hydrogen) atoms. The first-order valence-electron chi connectivity index (χ1n) is 5.76. The zero-order valence-electron chi connectivity index (χ0n) is 10.1. The maximum absolute atomic E-state index is 13.8. The van der Waals surface area contributed by atoms with Crippen LogP contribution in [0.3, 0.4) is 0 Å². The lowest BCUT2D eigenvalue weighted by atomic mass is 10.1. The van der Waals surface area contributed by atoms with Crippen LogP contribution in [0.4, 0.5) is 4.39 Å². The van der Waals surface area contributed by atoms with E-state index in [9.17, 15) is 14.3 Å². The van der Waals surface area contributed by atoms with E-state index in [1.807, 2.05) is 0 Å². The summed E-state index contributed by atoms with van der Waals surface area (Å²) in [5.41, 5.74) is 0.649. The lowest BCUT2D eigenvalue weighted by Crippen LogP contribution is -2.02. The standard InChI is InChI=1S/C14H8FN3O2/c15-10-3-1-2-8-9(14(19)20)6-11(18-13(8)10)12-7-16-4-5-17-12/h1-7H,(H,19,20). The van der Waals surface area contributed by atoms with Gasteiger partial charge in [-0.2, -0.15) is 0 Å². The minimum atomic E-state index is -1.15. The van der Waals surface area contributed by atoms with E-state index in [0.717, 1.165) is 0 Å². The summed E-state index contributed by atoms with van der Waals surface area (Å²) in [6, 6.07) is 5.58. The van der Waals surface area contributed by atoms with Gasteiger partial charge in [-0.05, 0) is 12.1 Å². The van der Waals surface area contributed by atoms with Crippen molar-refractivity contribution in [3.8, 4) is 11.4 Å². The fourth-order valence-electron chi connectivity index (χ4n) is 1.95. The zero-order valence-corrected chi connectivity index (χ0v) is 10.1. The highest BCUT2D eigenvalue weighted by Crippen LogP contribution is 2.25. The Morgan fingerprint density at radius 2 is 2.05 bits per heavy atom. The molecule has 2 aromatic heterocycles. The van der Waals surface area contributed by atoms with Crippen molar-refractivity contribution in [2.45, 2.75) is 0 Å². The third-order valence-electron chi connectivity index (χ3n) is 2.85. The van der Waals surface area contributed by atoms with E-state index >= 15 is 0 Å².